The van der Waals surface area contributed by atoms with Crippen LogP contribution in [0.3, 0.4) is 0 Å². The van der Waals surface area contributed by atoms with Crippen molar-refractivity contribution in [2.75, 3.05) is 13.2 Å². The van der Waals surface area contributed by atoms with E-state index in [-0.39, 0.29) is 6.61 Å². The predicted octanol–water partition coefficient (Wildman–Crippen LogP) is 1.32. The molecule has 3 nitrogen and oxygen atoms in total. The minimum Gasteiger partial charge on any atom is -0.396 e. The molecule has 2 N–H and O–H groups in total. The zero-order chi connectivity index (χ0) is 9.52. The van der Waals surface area contributed by atoms with E-state index in [1.165, 1.54) is 0 Å². The number of nitrogens with zero attached hydrogens (tertiary/aromatic N) is 1. The minimum absolute atomic E-state index is 0.237. The second-order valence-electron chi connectivity index (χ2n) is 2.72. The van der Waals surface area contributed by atoms with E-state index in [0.29, 0.717) is 0 Å². The van der Waals surface area contributed by atoms with Crippen molar-refractivity contribution < 1.29 is 5.11 Å². The molecule has 0 aliphatic carbocycles. The third kappa shape index (κ3) is 4.36. The number of nitrogens with one attached hydrogen (secondary N) is 1. The third-order valence-corrected chi connectivity index (χ3v) is 2.08. The van der Waals surface area contributed by atoms with Gasteiger partial charge in [-0.1, -0.05) is 0 Å². The van der Waals surface area contributed by atoms with Crippen molar-refractivity contribution in [3.8, 4) is 0 Å². The van der Waals surface area contributed by atoms with Crippen molar-refractivity contribution in [2.45, 2.75) is 13.0 Å². The Labute approximate surface area is 86.3 Å². The lowest BCUT2D eigenvalue weighted by molar-refractivity contribution is 0.286. The van der Waals surface area contributed by atoms with Crippen LogP contribution in [0.5, 0.6) is 0 Å². The lowest BCUT2D eigenvalue weighted by Gasteiger charge is -2.02. The second-order valence-corrected chi connectivity index (χ2v) is 3.64. The predicted molar refractivity (Wildman–Crippen MR) is 55.3 cm³/mol. The first kappa shape index (κ1) is 10.6. The molecule has 0 saturated carbocycles. The molecule has 0 unspecified atom stereocenters. The number of aromatic nitrogens is 1. The van der Waals surface area contributed by atoms with Gasteiger partial charge < -0.3 is 10.4 Å². The van der Waals surface area contributed by atoms with E-state index < -0.39 is 0 Å². The van der Waals surface area contributed by atoms with E-state index >= 15 is 0 Å². The van der Waals surface area contributed by atoms with Crippen LogP contribution in [0.2, 0.25) is 0 Å². The van der Waals surface area contributed by atoms with E-state index in [4.69, 9.17) is 5.11 Å². The fourth-order valence-electron chi connectivity index (χ4n) is 0.932. The Bertz CT molecular complexity index is 238. The van der Waals surface area contributed by atoms with Crippen LogP contribution in [-0.4, -0.2) is 23.2 Å². The minimum atomic E-state index is 0.237. The summed E-state index contributed by atoms with van der Waals surface area (Å²) in [5.41, 5.74) is 1.01. The zero-order valence-electron chi connectivity index (χ0n) is 7.33. The first-order chi connectivity index (χ1) is 6.33. The van der Waals surface area contributed by atoms with E-state index in [2.05, 4.69) is 26.2 Å². The number of hydrogen-bond acceptors (Lipinski definition) is 3. The maximum absolute atomic E-state index is 8.54. The van der Waals surface area contributed by atoms with Crippen molar-refractivity contribution in [3.63, 3.8) is 0 Å². The summed E-state index contributed by atoms with van der Waals surface area (Å²) in [6.07, 6.45) is 2.57. The monoisotopic (exact) mass is 244 g/mol. The van der Waals surface area contributed by atoms with Crippen LogP contribution in [-0.2, 0) is 6.54 Å². The van der Waals surface area contributed by atoms with Crippen molar-refractivity contribution in [1.29, 1.82) is 0 Å². The van der Waals surface area contributed by atoms with Gasteiger partial charge >= 0.3 is 0 Å². The molecule has 0 bridgehead atoms. The van der Waals surface area contributed by atoms with Crippen molar-refractivity contribution >= 4 is 15.9 Å². The fraction of sp³-hybridized carbons (Fsp3) is 0.444. The maximum atomic E-state index is 8.54. The van der Waals surface area contributed by atoms with Gasteiger partial charge in [0.15, 0.2) is 0 Å². The highest BCUT2D eigenvalue weighted by atomic mass is 79.9. The summed E-state index contributed by atoms with van der Waals surface area (Å²) in [6.45, 7) is 1.82. The summed E-state index contributed by atoms with van der Waals surface area (Å²) in [5, 5.41) is 11.7. The van der Waals surface area contributed by atoms with Crippen LogP contribution in [0, 0.1) is 0 Å². The number of pyridine rings is 1. The summed E-state index contributed by atoms with van der Waals surface area (Å²) in [5.74, 6) is 0. The highest BCUT2D eigenvalue weighted by molar-refractivity contribution is 9.10. The highest BCUT2D eigenvalue weighted by Gasteiger charge is 1.93. The van der Waals surface area contributed by atoms with Gasteiger partial charge in [-0.25, -0.2) is 0 Å². The summed E-state index contributed by atoms with van der Waals surface area (Å²) >= 11 is 3.32. The molecule has 1 aromatic heterocycles. The van der Waals surface area contributed by atoms with Gasteiger partial charge in [-0.2, -0.15) is 0 Å². The molecule has 0 amide bonds. The lowest BCUT2D eigenvalue weighted by Crippen LogP contribution is -2.16. The van der Waals surface area contributed by atoms with Crippen LogP contribution in [0.15, 0.2) is 22.8 Å². The van der Waals surface area contributed by atoms with Crippen molar-refractivity contribution in [2.24, 2.45) is 0 Å². The number of rotatable bonds is 5. The quantitative estimate of drug-likeness (QED) is 0.769. The SMILES string of the molecule is OCCCNCc1ccc(Br)cn1. The summed E-state index contributed by atoms with van der Waals surface area (Å²) < 4.78 is 0.992. The summed E-state index contributed by atoms with van der Waals surface area (Å²) in [7, 11) is 0. The van der Waals surface area contributed by atoms with Crippen LogP contribution < -0.4 is 5.32 Å². The normalized spacial score (nSPS) is 10.3. The first-order valence-corrected chi connectivity index (χ1v) is 5.04. The Morgan fingerprint density at radius 3 is 2.92 bits per heavy atom. The standard InChI is InChI=1S/C9H13BrN2O/c10-8-2-3-9(12-6-8)7-11-4-1-5-13/h2-3,6,11,13H,1,4-5,7H2. The number of aliphatic hydroxyl groups is 1. The molecular formula is C9H13BrN2O. The maximum Gasteiger partial charge on any atom is 0.0542 e. The van der Waals surface area contributed by atoms with E-state index in [1.54, 1.807) is 6.20 Å². The lowest BCUT2D eigenvalue weighted by atomic mass is 10.3. The molecule has 1 rings (SSSR count). The molecule has 1 aromatic rings. The molecular weight excluding hydrogens is 232 g/mol. The molecule has 0 atom stereocenters. The zero-order valence-corrected chi connectivity index (χ0v) is 8.92. The highest BCUT2D eigenvalue weighted by Crippen LogP contribution is 2.06. The molecule has 0 aliphatic heterocycles. The summed E-state index contributed by atoms with van der Waals surface area (Å²) in [4.78, 5) is 4.20. The fourth-order valence-corrected chi connectivity index (χ4v) is 1.17. The number of hydrogen-bond donors (Lipinski definition) is 2. The van der Waals surface area contributed by atoms with E-state index in [9.17, 15) is 0 Å². The van der Waals surface area contributed by atoms with Gasteiger partial charge in [0.25, 0.3) is 0 Å². The average molecular weight is 245 g/mol. The Morgan fingerprint density at radius 2 is 2.31 bits per heavy atom. The van der Waals surface area contributed by atoms with Gasteiger partial charge in [0.2, 0.25) is 0 Å². The molecule has 72 valence electrons. The second kappa shape index (κ2) is 6.07. The van der Waals surface area contributed by atoms with E-state index in [0.717, 1.165) is 29.7 Å². The third-order valence-electron chi connectivity index (χ3n) is 1.61. The van der Waals surface area contributed by atoms with Gasteiger partial charge in [0.05, 0.1) is 5.69 Å². The summed E-state index contributed by atoms with van der Waals surface area (Å²) in [6, 6.07) is 3.94. The molecule has 0 radical (unpaired) electrons. The average Bonchev–Trinajstić information content (AvgIpc) is 2.15. The molecule has 0 saturated heterocycles. The van der Waals surface area contributed by atoms with Crippen LogP contribution in [0.4, 0.5) is 0 Å². The molecule has 13 heavy (non-hydrogen) atoms. The Kier molecular flexibility index (Phi) is 4.97. The van der Waals surface area contributed by atoms with Crippen molar-refractivity contribution in [3.05, 3.63) is 28.5 Å². The van der Waals surface area contributed by atoms with Gasteiger partial charge in [-0.3, -0.25) is 4.98 Å². The van der Waals surface area contributed by atoms with Gasteiger partial charge in [-0.15, -0.1) is 0 Å². The molecule has 0 aromatic carbocycles. The van der Waals surface area contributed by atoms with Crippen molar-refractivity contribution in [1.82, 2.24) is 10.3 Å². The van der Waals surface area contributed by atoms with Crippen LogP contribution >= 0.6 is 15.9 Å². The van der Waals surface area contributed by atoms with E-state index in [1.807, 2.05) is 12.1 Å². The number of aliphatic hydroxyl groups excluding tert-OH is 1. The molecule has 0 spiro atoms. The molecule has 4 heteroatoms. The van der Waals surface area contributed by atoms with Crippen LogP contribution in [0.1, 0.15) is 12.1 Å². The van der Waals surface area contributed by atoms with Gasteiger partial charge in [0, 0.05) is 23.8 Å². The topological polar surface area (TPSA) is 45.1 Å². The largest absolute Gasteiger partial charge is 0.396 e. The molecule has 1 heterocycles. The molecule has 0 fully saturated rings. The Hall–Kier alpha value is -0.450. The molecule has 0 aliphatic rings. The van der Waals surface area contributed by atoms with Crippen LogP contribution in [0.25, 0.3) is 0 Å². The smallest absolute Gasteiger partial charge is 0.0542 e. The first-order valence-electron chi connectivity index (χ1n) is 4.25. The van der Waals surface area contributed by atoms with Gasteiger partial charge in [0.1, 0.15) is 0 Å². The Balaban J connectivity index is 2.25. The Morgan fingerprint density at radius 1 is 1.46 bits per heavy atom. The number of halogens is 1. The van der Waals surface area contributed by atoms with Gasteiger partial charge in [-0.05, 0) is 41.0 Å².